The number of hydrogen-bond acceptors (Lipinski definition) is 4. The van der Waals surface area contributed by atoms with Crippen LogP contribution in [0.4, 0.5) is 5.69 Å². The van der Waals surface area contributed by atoms with Crippen LogP contribution in [0.3, 0.4) is 0 Å². The third-order valence-electron chi connectivity index (χ3n) is 4.36. The van der Waals surface area contributed by atoms with E-state index in [1.54, 1.807) is 24.4 Å². The Bertz CT molecular complexity index is 1170. The number of rotatable bonds is 4. The van der Waals surface area contributed by atoms with E-state index >= 15 is 0 Å². The van der Waals surface area contributed by atoms with Gasteiger partial charge in [-0.25, -0.2) is 9.78 Å². The monoisotopic (exact) mass is 371 g/mol. The number of amides is 1. The van der Waals surface area contributed by atoms with Gasteiger partial charge in [-0.2, -0.15) is 0 Å². The van der Waals surface area contributed by atoms with Crippen LogP contribution in [0.5, 0.6) is 0 Å². The minimum absolute atomic E-state index is 0.321. The summed E-state index contributed by atoms with van der Waals surface area (Å²) in [4.78, 5) is 31.9. The second-order valence-electron chi connectivity index (χ2n) is 6.24. The first-order valence-electron chi connectivity index (χ1n) is 8.68. The lowest BCUT2D eigenvalue weighted by Crippen LogP contribution is -2.13. The SMILES string of the molecule is COC(=O)c1cccc(C(=O)Nc2cnc3[nH]c(-c4ccccc4)cc3c2)c1. The molecule has 6 nitrogen and oxygen atoms in total. The molecule has 2 heterocycles. The number of aromatic nitrogens is 2. The zero-order chi connectivity index (χ0) is 19.5. The number of carbonyl (C=O) groups is 2. The average Bonchev–Trinajstić information content (AvgIpc) is 3.17. The molecule has 2 aromatic heterocycles. The largest absolute Gasteiger partial charge is 0.465 e. The molecule has 4 rings (SSSR count). The van der Waals surface area contributed by atoms with Gasteiger partial charge in [0.15, 0.2) is 0 Å². The van der Waals surface area contributed by atoms with Gasteiger partial charge in [0, 0.05) is 16.6 Å². The highest BCUT2D eigenvalue weighted by atomic mass is 16.5. The predicted octanol–water partition coefficient (Wildman–Crippen LogP) is 4.27. The normalized spacial score (nSPS) is 10.6. The van der Waals surface area contributed by atoms with E-state index in [9.17, 15) is 9.59 Å². The molecular weight excluding hydrogens is 354 g/mol. The molecule has 2 N–H and O–H groups in total. The highest BCUT2D eigenvalue weighted by molar-refractivity contribution is 6.06. The minimum Gasteiger partial charge on any atom is -0.465 e. The molecule has 0 aliphatic rings. The summed E-state index contributed by atoms with van der Waals surface area (Å²) in [5, 5.41) is 3.70. The van der Waals surface area contributed by atoms with Gasteiger partial charge < -0.3 is 15.0 Å². The summed E-state index contributed by atoms with van der Waals surface area (Å²) in [6.07, 6.45) is 1.59. The molecule has 0 saturated carbocycles. The zero-order valence-corrected chi connectivity index (χ0v) is 15.1. The van der Waals surface area contributed by atoms with Gasteiger partial charge in [0.1, 0.15) is 5.65 Å². The molecule has 4 aromatic rings. The quantitative estimate of drug-likeness (QED) is 0.525. The lowest BCUT2D eigenvalue weighted by atomic mass is 10.1. The molecule has 1 amide bonds. The number of benzene rings is 2. The fraction of sp³-hybridized carbons (Fsp3) is 0.0455. The number of fused-ring (bicyclic) bond motifs is 1. The van der Waals surface area contributed by atoms with Crippen LogP contribution < -0.4 is 5.32 Å². The van der Waals surface area contributed by atoms with Gasteiger partial charge >= 0.3 is 5.97 Å². The highest BCUT2D eigenvalue weighted by Crippen LogP contribution is 2.24. The first-order chi connectivity index (χ1) is 13.6. The molecule has 0 bridgehead atoms. The van der Waals surface area contributed by atoms with Crippen LogP contribution in [0.25, 0.3) is 22.3 Å². The summed E-state index contributed by atoms with van der Waals surface area (Å²) in [6, 6.07) is 20.2. The van der Waals surface area contributed by atoms with E-state index in [-0.39, 0.29) is 5.91 Å². The molecule has 2 aromatic carbocycles. The standard InChI is InChI=1S/C22H17N3O3/c1-28-22(27)16-9-5-8-15(10-16)21(26)24-18-11-17-12-19(25-20(17)23-13-18)14-6-3-2-4-7-14/h2-13H,1H3,(H,23,25)(H,24,26). The van der Waals surface area contributed by atoms with Crippen molar-refractivity contribution in [3.05, 3.63) is 84.1 Å². The van der Waals surface area contributed by atoms with E-state index in [1.807, 2.05) is 42.5 Å². The van der Waals surface area contributed by atoms with Crippen LogP contribution in [-0.4, -0.2) is 29.0 Å². The van der Waals surface area contributed by atoms with Crippen molar-refractivity contribution in [1.82, 2.24) is 9.97 Å². The molecule has 0 radical (unpaired) electrons. The lowest BCUT2D eigenvalue weighted by molar-refractivity contribution is 0.0600. The van der Waals surface area contributed by atoms with Gasteiger partial charge in [0.2, 0.25) is 0 Å². The summed E-state index contributed by atoms with van der Waals surface area (Å²) < 4.78 is 4.69. The highest BCUT2D eigenvalue weighted by Gasteiger charge is 2.12. The van der Waals surface area contributed by atoms with Crippen LogP contribution in [-0.2, 0) is 4.74 Å². The Morgan fingerprint density at radius 3 is 2.54 bits per heavy atom. The molecule has 0 saturated heterocycles. The summed E-state index contributed by atoms with van der Waals surface area (Å²) in [5.41, 5.74) is 4.01. The van der Waals surface area contributed by atoms with Gasteiger partial charge in [0.25, 0.3) is 5.91 Å². The van der Waals surface area contributed by atoms with Crippen LogP contribution >= 0.6 is 0 Å². The number of aromatic amines is 1. The maximum atomic E-state index is 12.5. The summed E-state index contributed by atoms with van der Waals surface area (Å²) in [5.74, 6) is -0.816. The fourth-order valence-corrected chi connectivity index (χ4v) is 2.97. The van der Waals surface area contributed by atoms with Crippen molar-refractivity contribution in [2.75, 3.05) is 12.4 Å². The summed E-state index contributed by atoms with van der Waals surface area (Å²) in [6.45, 7) is 0. The molecule has 6 heteroatoms. The van der Waals surface area contributed by atoms with Crippen LogP contribution in [0.2, 0.25) is 0 Å². The van der Waals surface area contributed by atoms with Crippen LogP contribution in [0, 0.1) is 0 Å². The van der Waals surface area contributed by atoms with Crippen molar-refractivity contribution >= 4 is 28.6 Å². The van der Waals surface area contributed by atoms with E-state index in [1.165, 1.54) is 13.2 Å². The Morgan fingerprint density at radius 2 is 1.75 bits per heavy atom. The minimum atomic E-state index is -0.487. The fourth-order valence-electron chi connectivity index (χ4n) is 2.97. The van der Waals surface area contributed by atoms with Crippen molar-refractivity contribution in [1.29, 1.82) is 0 Å². The van der Waals surface area contributed by atoms with E-state index in [0.717, 1.165) is 22.3 Å². The number of hydrogen-bond donors (Lipinski definition) is 2. The molecule has 0 fully saturated rings. The van der Waals surface area contributed by atoms with Gasteiger partial charge in [-0.1, -0.05) is 36.4 Å². The number of ether oxygens (including phenoxy) is 1. The van der Waals surface area contributed by atoms with Gasteiger partial charge in [-0.05, 0) is 35.9 Å². The van der Waals surface area contributed by atoms with Crippen molar-refractivity contribution in [3.63, 3.8) is 0 Å². The Hall–Kier alpha value is -3.93. The number of nitrogens with one attached hydrogen (secondary N) is 2. The summed E-state index contributed by atoms with van der Waals surface area (Å²) >= 11 is 0. The number of methoxy groups -OCH3 is 1. The Balaban J connectivity index is 1.58. The maximum absolute atomic E-state index is 12.5. The van der Waals surface area contributed by atoms with Gasteiger partial charge in [-0.3, -0.25) is 4.79 Å². The zero-order valence-electron chi connectivity index (χ0n) is 15.1. The molecular formula is C22H17N3O3. The van der Waals surface area contributed by atoms with Gasteiger partial charge in [0.05, 0.1) is 24.6 Å². The number of anilines is 1. The second-order valence-corrected chi connectivity index (χ2v) is 6.24. The van der Waals surface area contributed by atoms with Crippen molar-refractivity contribution in [2.24, 2.45) is 0 Å². The third-order valence-corrected chi connectivity index (χ3v) is 4.36. The molecule has 0 spiro atoms. The number of pyridine rings is 1. The first kappa shape index (κ1) is 17.5. The summed E-state index contributed by atoms with van der Waals surface area (Å²) in [7, 11) is 1.30. The van der Waals surface area contributed by atoms with Crippen molar-refractivity contribution in [3.8, 4) is 11.3 Å². The van der Waals surface area contributed by atoms with E-state index in [4.69, 9.17) is 4.74 Å². The number of nitrogens with zero attached hydrogens (tertiary/aromatic N) is 1. The van der Waals surface area contributed by atoms with Crippen molar-refractivity contribution < 1.29 is 14.3 Å². The van der Waals surface area contributed by atoms with E-state index in [0.29, 0.717) is 16.8 Å². The smallest absolute Gasteiger partial charge is 0.337 e. The first-order valence-corrected chi connectivity index (χ1v) is 8.68. The maximum Gasteiger partial charge on any atom is 0.337 e. The van der Waals surface area contributed by atoms with Crippen LogP contribution in [0.1, 0.15) is 20.7 Å². The number of H-pyrrole nitrogens is 1. The van der Waals surface area contributed by atoms with Gasteiger partial charge in [-0.15, -0.1) is 0 Å². The van der Waals surface area contributed by atoms with Crippen LogP contribution in [0.15, 0.2) is 72.9 Å². The Labute approximate surface area is 161 Å². The van der Waals surface area contributed by atoms with Crippen molar-refractivity contribution in [2.45, 2.75) is 0 Å². The Morgan fingerprint density at radius 1 is 0.964 bits per heavy atom. The molecule has 0 aliphatic heterocycles. The number of carbonyl (C=O) groups excluding carboxylic acids is 2. The molecule has 0 atom stereocenters. The topological polar surface area (TPSA) is 84.1 Å². The predicted molar refractivity (Wildman–Crippen MR) is 107 cm³/mol. The molecule has 0 aliphatic carbocycles. The molecule has 0 unspecified atom stereocenters. The third kappa shape index (κ3) is 3.48. The molecule has 28 heavy (non-hydrogen) atoms. The Kier molecular flexibility index (Phi) is 4.60. The average molecular weight is 371 g/mol. The second kappa shape index (κ2) is 7.36. The number of esters is 1. The van der Waals surface area contributed by atoms with E-state index in [2.05, 4.69) is 15.3 Å². The lowest BCUT2D eigenvalue weighted by Gasteiger charge is -2.06. The van der Waals surface area contributed by atoms with E-state index < -0.39 is 5.97 Å². The molecule has 138 valence electrons.